The first kappa shape index (κ1) is 15.5. The molecule has 0 aliphatic carbocycles. The maximum Gasteiger partial charge on any atom is 0.404 e. The molecule has 0 aromatic heterocycles. The van der Waals surface area contributed by atoms with Crippen molar-refractivity contribution in [3.63, 3.8) is 0 Å². The Morgan fingerprint density at radius 3 is 2.26 bits per heavy atom. The summed E-state index contributed by atoms with van der Waals surface area (Å²) in [6, 6.07) is 6.21. The van der Waals surface area contributed by atoms with E-state index >= 15 is 0 Å². The number of carbonyl (C=O) groups excluding carboxylic acids is 1. The van der Waals surface area contributed by atoms with Crippen molar-refractivity contribution >= 4 is 11.6 Å². The first-order valence-corrected chi connectivity index (χ1v) is 5.96. The highest BCUT2D eigenvalue weighted by Crippen LogP contribution is 2.23. The Labute approximate surface area is 110 Å². The zero-order chi connectivity index (χ0) is 14.5. The van der Waals surface area contributed by atoms with Crippen molar-refractivity contribution in [3.8, 4) is 0 Å². The van der Waals surface area contributed by atoms with Gasteiger partial charge in [0, 0.05) is 11.7 Å². The molecule has 0 radical (unpaired) electrons. The maximum atomic E-state index is 12.7. The van der Waals surface area contributed by atoms with E-state index in [9.17, 15) is 18.0 Å². The first-order valence-electron chi connectivity index (χ1n) is 5.96. The van der Waals surface area contributed by atoms with Crippen LogP contribution in [-0.2, 0) is 4.79 Å². The molecule has 0 aliphatic heterocycles. The number of hydrogen-bond acceptors (Lipinski definition) is 2. The van der Waals surface area contributed by atoms with E-state index in [0.717, 1.165) is 0 Å². The van der Waals surface area contributed by atoms with E-state index in [1.54, 1.807) is 44.2 Å². The molecule has 1 unspecified atom stereocenters. The van der Waals surface area contributed by atoms with Crippen LogP contribution in [0.15, 0.2) is 30.3 Å². The van der Waals surface area contributed by atoms with Gasteiger partial charge in [0.25, 0.3) is 0 Å². The average molecular weight is 274 g/mol. The van der Waals surface area contributed by atoms with Crippen LogP contribution in [0.3, 0.4) is 0 Å². The summed E-state index contributed by atoms with van der Waals surface area (Å²) >= 11 is 0. The second-order valence-electron chi connectivity index (χ2n) is 4.53. The van der Waals surface area contributed by atoms with E-state index in [2.05, 4.69) is 10.6 Å². The Kier molecular flexibility index (Phi) is 5.35. The van der Waals surface area contributed by atoms with Gasteiger partial charge in [-0.05, 0) is 12.1 Å². The van der Waals surface area contributed by atoms with Crippen LogP contribution in [0.2, 0.25) is 0 Å². The van der Waals surface area contributed by atoms with E-state index in [1.807, 2.05) is 0 Å². The van der Waals surface area contributed by atoms with Gasteiger partial charge in [0.2, 0.25) is 5.91 Å². The number of carbonyl (C=O) groups is 1. The van der Waals surface area contributed by atoms with Crippen LogP contribution >= 0.6 is 0 Å². The lowest BCUT2D eigenvalue weighted by Crippen LogP contribution is -2.47. The highest BCUT2D eigenvalue weighted by molar-refractivity contribution is 5.91. The average Bonchev–Trinajstić information content (AvgIpc) is 2.27. The predicted octanol–water partition coefficient (Wildman–Crippen LogP) is 2.94. The summed E-state index contributed by atoms with van der Waals surface area (Å²) in [5.74, 6) is -0.665. The van der Waals surface area contributed by atoms with Crippen LogP contribution in [0.25, 0.3) is 0 Å². The van der Waals surface area contributed by atoms with Gasteiger partial charge in [-0.25, -0.2) is 0 Å². The lowest BCUT2D eigenvalue weighted by Gasteiger charge is -2.23. The van der Waals surface area contributed by atoms with Gasteiger partial charge >= 0.3 is 6.18 Å². The van der Waals surface area contributed by atoms with E-state index in [1.165, 1.54) is 0 Å². The number of para-hydroxylation sites is 1. The number of alkyl halides is 3. The predicted molar refractivity (Wildman–Crippen MR) is 67.8 cm³/mol. The molecule has 1 rings (SSSR count). The Balaban J connectivity index is 2.61. The van der Waals surface area contributed by atoms with Crippen molar-refractivity contribution < 1.29 is 18.0 Å². The summed E-state index contributed by atoms with van der Waals surface area (Å²) in [5, 5.41) is 4.79. The van der Waals surface area contributed by atoms with E-state index < -0.39 is 24.5 Å². The molecule has 19 heavy (non-hydrogen) atoms. The zero-order valence-corrected chi connectivity index (χ0v) is 10.8. The molecule has 0 aliphatic rings. The summed E-state index contributed by atoms with van der Waals surface area (Å²) in [7, 11) is 0. The van der Waals surface area contributed by atoms with Crippen molar-refractivity contribution in [2.45, 2.75) is 38.5 Å². The fourth-order valence-electron chi connectivity index (χ4n) is 1.59. The van der Waals surface area contributed by atoms with Gasteiger partial charge in [0.15, 0.2) is 0 Å². The molecule has 6 heteroatoms. The van der Waals surface area contributed by atoms with Crippen molar-refractivity contribution in [1.29, 1.82) is 0 Å². The number of amides is 1. The Bertz CT molecular complexity index is 404. The van der Waals surface area contributed by atoms with Crippen LogP contribution in [-0.4, -0.2) is 24.2 Å². The van der Waals surface area contributed by atoms with E-state index in [-0.39, 0.29) is 6.04 Å². The third-order valence-corrected chi connectivity index (χ3v) is 2.38. The molecule has 106 valence electrons. The molecular formula is C13H17F3N2O. The molecule has 1 atom stereocenters. The van der Waals surface area contributed by atoms with Gasteiger partial charge < -0.3 is 10.6 Å². The monoisotopic (exact) mass is 274 g/mol. The molecule has 1 amide bonds. The molecular weight excluding hydrogens is 257 g/mol. The van der Waals surface area contributed by atoms with E-state index in [4.69, 9.17) is 0 Å². The largest absolute Gasteiger partial charge is 0.404 e. The zero-order valence-electron chi connectivity index (χ0n) is 10.8. The van der Waals surface area contributed by atoms with E-state index in [0.29, 0.717) is 5.69 Å². The third kappa shape index (κ3) is 5.74. The van der Waals surface area contributed by atoms with Crippen LogP contribution in [0, 0.1) is 0 Å². The fraction of sp³-hybridized carbons (Fsp3) is 0.462. The molecule has 0 saturated heterocycles. The van der Waals surface area contributed by atoms with Crippen LogP contribution in [0.1, 0.15) is 20.3 Å². The Morgan fingerprint density at radius 1 is 1.21 bits per heavy atom. The summed E-state index contributed by atoms with van der Waals surface area (Å²) in [6.45, 7) is 3.21. The maximum absolute atomic E-state index is 12.7. The molecule has 0 saturated carbocycles. The second kappa shape index (κ2) is 6.56. The third-order valence-electron chi connectivity index (χ3n) is 2.38. The molecule has 1 aromatic carbocycles. The lowest BCUT2D eigenvalue weighted by atomic mass is 10.1. The molecule has 0 bridgehead atoms. The first-order chi connectivity index (χ1) is 8.79. The van der Waals surface area contributed by atoms with Crippen molar-refractivity contribution in [2.24, 2.45) is 0 Å². The number of nitrogens with one attached hydrogen (secondary N) is 2. The summed E-state index contributed by atoms with van der Waals surface area (Å²) in [6.07, 6.45) is -5.09. The lowest BCUT2D eigenvalue weighted by molar-refractivity contribution is -0.161. The SMILES string of the molecule is CC(C)NC(CC(=O)Nc1ccccc1)C(F)(F)F. The highest BCUT2D eigenvalue weighted by Gasteiger charge is 2.40. The second-order valence-corrected chi connectivity index (χ2v) is 4.53. The fourth-order valence-corrected chi connectivity index (χ4v) is 1.59. The van der Waals surface area contributed by atoms with Gasteiger partial charge in [-0.15, -0.1) is 0 Å². The van der Waals surface area contributed by atoms with Crippen molar-refractivity contribution in [3.05, 3.63) is 30.3 Å². The number of halogens is 3. The molecule has 0 heterocycles. The van der Waals surface area contributed by atoms with Crippen LogP contribution in [0.4, 0.5) is 18.9 Å². The van der Waals surface area contributed by atoms with Crippen LogP contribution in [0.5, 0.6) is 0 Å². The highest BCUT2D eigenvalue weighted by atomic mass is 19.4. The smallest absolute Gasteiger partial charge is 0.326 e. The molecule has 2 N–H and O–H groups in total. The number of rotatable bonds is 5. The van der Waals surface area contributed by atoms with Crippen LogP contribution < -0.4 is 10.6 Å². The Morgan fingerprint density at radius 2 is 1.79 bits per heavy atom. The molecule has 0 spiro atoms. The molecule has 3 nitrogen and oxygen atoms in total. The minimum absolute atomic E-state index is 0.351. The topological polar surface area (TPSA) is 41.1 Å². The minimum atomic E-state index is -4.45. The number of hydrogen-bond donors (Lipinski definition) is 2. The summed E-state index contributed by atoms with van der Waals surface area (Å²) in [5.41, 5.74) is 0.484. The number of benzene rings is 1. The van der Waals surface area contributed by atoms with Crippen molar-refractivity contribution in [2.75, 3.05) is 5.32 Å². The summed E-state index contributed by atoms with van der Waals surface area (Å²) in [4.78, 5) is 11.6. The van der Waals surface area contributed by atoms with Gasteiger partial charge in [-0.2, -0.15) is 13.2 Å². The van der Waals surface area contributed by atoms with Gasteiger partial charge in [-0.1, -0.05) is 32.0 Å². The van der Waals surface area contributed by atoms with Gasteiger partial charge in [0.1, 0.15) is 6.04 Å². The number of anilines is 1. The Hall–Kier alpha value is -1.56. The van der Waals surface area contributed by atoms with Crippen molar-refractivity contribution in [1.82, 2.24) is 5.32 Å². The van der Waals surface area contributed by atoms with Gasteiger partial charge in [0.05, 0.1) is 6.42 Å². The molecule has 0 fully saturated rings. The summed E-state index contributed by atoms with van der Waals surface area (Å²) < 4.78 is 38.2. The molecule has 1 aromatic rings. The quantitative estimate of drug-likeness (QED) is 0.866. The van der Waals surface area contributed by atoms with Gasteiger partial charge in [-0.3, -0.25) is 4.79 Å². The minimum Gasteiger partial charge on any atom is -0.326 e. The standard InChI is InChI=1S/C13H17F3N2O/c1-9(2)17-11(13(14,15)16)8-12(19)18-10-6-4-3-5-7-10/h3-7,9,11,17H,8H2,1-2H3,(H,18,19). The normalized spacial score (nSPS) is 13.4.